The SMILES string of the molecule is C=CCC(N)C(=O)NC(C)CCS(C)=O. The Kier molecular flexibility index (Phi) is 7.25. The topological polar surface area (TPSA) is 72.2 Å². The lowest BCUT2D eigenvalue weighted by Crippen LogP contribution is -2.44. The molecule has 0 aromatic heterocycles. The summed E-state index contributed by atoms with van der Waals surface area (Å²) < 4.78 is 10.8. The fourth-order valence-electron chi connectivity index (χ4n) is 1.05. The molecule has 5 heteroatoms. The normalized spacial score (nSPS) is 16.5. The zero-order valence-electron chi connectivity index (χ0n) is 9.36. The van der Waals surface area contributed by atoms with Crippen LogP contribution in [0.3, 0.4) is 0 Å². The molecule has 0 saturated heterocycles. The van der Waals surface area contributed by atoms with Crippen LogP contribution in [0.25, 0.3) is 0 Å². The zero-order valence-corrected chi connectivity index (χ0v) is 10.2. The molecule has 0 aliphatic carbocycles. The molecule has 3 unspecified atom stereocenters. The monoisotopic (exact) mass is 232 g/mol. The summed E-state index contributed by atoms with van der Waals surface area (Å²) in [5.41, 5.74) is 5.59. The van der Waals surface area contributed by atoms with Crippen molar-refractivity contribution in [2.45, 2.75) is 31.8 Å². The Morgan fingerprint density at radius 1 is 1.67 bits per heavy atom. The van der Waals surface area contributed by atoms with E-state index in [1.807, 2.05) is 6.92 Å². The summed E-state index contributed by atoms with van der Waals surface area (Å²) in [6.45, 7) is 5.40. The van der Waals surface area contributed by atoms with Crippen LogP contribution >= 0.6 is 0 Å². The molecule has 4 nitrogen and oxygen atoms in total. The summed E-state index contributed by atoms with van der Waals surface area (Å²) in [7, 11) is -0.814. The highest BCUT2D eigenvalue weighted by Crippen LogP contribution is 1.95. The van der Waals surface area contributed by atoms with E-state index in [4.69, 9.17) is 5.73 Å². The number of carbonyl (C=O) groups is 1. The van der Waals surface area contributed by atoms with Crippen LogP contribution in [-0.4, -0.2) is 34.2 Å². The smallest absolute Gasteiger partial charge is 0.237 e. The second-order valence-electron chi connectivity index (χ2n) is 3.61. The molecule has 1 amide bonds. The summed E-state index contributed by atoms with van der Waals surface area (Å²) in [4.78, 5) is 11.4. The van der Waals surface area contributed by atoms with Gasteiger partial charge in [0.25, 0.3) is 0 Å². The van der Waals surface area contributed by atoms with Crippen LogP contribution in [0.1, 0.15) is 19.8 Å². The van der Waals surface area contributed by atoms with Crippen molar-refractivity contribution in [3.05, 3.63) is 12.7 Å². The molecular formula is C10H20N2O2S. The molecule has 0 heterocycles. The lowest BCUT2D eigenvalue weighted by atomic mass is 10.2. The lowest BCUT2D eigenvalue weighted by molar-refractivity contribution is -0.122. The summed E-state index contributed by atoms with van der Waals surface area (Å²) in [6.07, 6.45) is 4.45. The van der Waals surface area contributed by atoms with Crippen molar-refractivity contribution >= 4 is 16.7 Å². The molecule has 0 spiro atoms. The molecule has 0 saturated carbocycles. The first-order valence-electron chi connectivity index (χ1n) is 4.94. The summed E-state index contributed by atoms with van der Waals surface area (Å²) in [5, 5.41) is 2.77. The molecule has 0 radical (unpaired) electrons. The van der Waals surface area contributed by atoms with Gasteiger partial charge in [-0.3, -0.25) is 9.00 Å². The Morgan fingerprint density at radius 3 is 2.73 bits per heavy atom. The maximum absolute atomic E-state index is 11.4. The third-order valence-corrected chi connectivity index (χ3v) is 2.79. The Labute approximate surface area is 93.8 Å². The average Bonchev–Trinajstić information content (AvgIpc) is 2.15. The van der Waals surface area contributed by atoms with Crippen molar-refractivity contribution in [2.24, 2.45) is 5.73 Å². The van der Waals surface area contributed by atoms with Gasteiger partial charge < -0.3 is 11.1 Å². The van der Waals surface area contributed by atoms with E-state index in [0.29, 0.717) is 18.6 Å². The van der Waals surface area contributed by atoms with E-state index in [-0.39, 0.29) is 11.9 Å². The molecule has 0 aliphatic heterocycles. The van der Waals surface area contributed by atoms with Crippen LogP contribution in [0, 0.1) is 0 Å². The maximum atomic E-state index is 11.4. The van der Waals surface area contributed by atoms with Crippen molar-refractivity contribution in [2.75, 3.05) is 12.0 Å². The molecule has 0 aromatic rings. The van der Waals surface area contributed by atoms with Crippen LogP contribution in [0.4, 0.5) is 0 Å². The van der Waals surface area contributed by atoms with Gasteiger partial charge in [-0.25, -0.2) is 0 Å². The largest absolute Gasteiger partial charge is 0.352 e. The molecule has 0 bridgehead atoms. The van der Waals surface area contributed by atoms with Gasteiger partial charge in [-0.1, -0.05) is 6.08 Å². The molecule has 0 fully saturated rings. The molecule has 0 aromatic carbocycles. The second-order valence-corrected chi connectivity index (χ2v) is 5.16. The first kappa shape index (κ1) is 14.3. The average molecular weight is 232 g/mol. The van der Waals surface area contributed by atoms with E-state index < -0.39 is 16.8 Å². The van der Waals surface area contributed by atoms with Gasteiger partial charge in [-0.15, -0.1) is 6.58 Å². The van der Waals surface area contributed by atoms with Crippen LogP contribution in [-0.2, 0) is 15.6 Å². The minimum Gasteiger partial charge on any atom is -0.352 e. The van der Waals surface area contributed by atoms with Crippen LogP contribution in [0.15, 0.2) is 12.7 Å². The van der Waals surface area contributed by atoms with Gasteiger partial charge in [0.1, 0.15) is 0 Å². The summed E-state index contributed by atoms with van der Waals surface area (Å²) in [6, 6.07) is -0.519. The Bertz CT molecular complexity index is 244. The first-order valence-corrected chi connectivity index (χ1v) is 6.67. The number of amides is 1. The Hall–Kier alpha value is -0.680. The van der Waals surface area contributed by atoms with E-state index in [1.54, 1.807) is 12.3 Å². The van der Waals surface area contributed by atoms with Crippen molar-refractivity contribution < 1.29 is 9.00 Å². The molecule has 0 aliphatic rings. The van der Waals surface area contributed by atoms with Crippen molar-refractivity contribution in [3.63, 3.8) is 0 Å². The minimum atomic E-state index is -0.814. The lowest BCUT2D eigenvalue weighted by Gasteiger charge is -2.16. The molecule has 0 rings (SSSR count). The molecule has 15 heavy (non-hydrogen) atoms. The third kappa shape index (κ3) is 7.27. The van der Waals surface area contributed by atoms with Gasteiger partial charge in [0.05, 0.1) is 6.04 Å². The minimum absolute atomic E-state index is 0.0114. The van der Waals surface area contributed by atoms with Gasteiger partial charge in [0, 0.05) is 28.9 Å². The van der Waals surface area contributed by atoms with E-state index in [1.165, 1.54) is 0 Å². The number of carbonyl (C=O) groups excluding carboxylic acids is 1. The fourth-order valence-corrected chi connectivity index (χ4v) is 1.74. The van der Waals surface area contributed by atoms with Gasteiger partial charge in [-0.2, -0.15) is 0 Å². The summed E-state index contributed by atoms with van der Waals surface area (Å²) >= 11 is 0. The highest BCUT2D eigenvalue weighted by atomic mass is 32.2. The Balaban J connectivity index is 3.84. The molecular weight excluding hydrogens is 212 g/mol. The van der Waals surface area contributed by atoms with E-state index >= 15 is 0 Å². The summed E-state index contributed by atoms with van der Waals surface area (Å²) in [5.74, 6) is 0.419. The molecule has 88 valence electrons. The van der Waals surface area contributed by atoms with Crippen molar-refractivity contribution in [3.8, 4) is 0 Å². The highest BCUT2D eigenvalue weighted by molar-refractivity contribution is 7.84. The van der Waals surface area contributed by atoms with Gasteiger partial charge in [-0.05, 0) is 19.8 Å². The van der Waals surface area contributed by atoms with Crippen LogP contribution in [0.5, 0.6) is 0 Å². The van der Waals surface area contributed by atoms with Crippen molar-refractivity contribution in [1.29, 1.82) is 0 Å². The van der Waals surface area contributed by atoms with E-state index in [9.17, 15) is 9.00 Å². The highest BCUT2D eigenvalue weighted by Gasteiger charge is 2.14. The number of hydrogen-bond acceptors (Lipinski definition) is 3. The van der Waals surface area contributed by atoms with Gasteiger partial charge >= 0.3 is 0 Å². The quantitative estimate of drug-likeness (QED) is 0.614. The van der Waals surface area contributed by atoms with Crippen molar-refractivity contribution in [1.82, 2.24) is 5.32 Å². The Morgan fingerprint density at radius 2 is 2.27 bits per heavy atom. The van der Waals surface area contributed by atoms with E-state index in [0.717, 1.165) is 0 Å². The molecule has 3 N–H and O–H groups in total. The first-order chi connectivity index (χ1) is 6.97. The van der Waals surface area contributed by atoms with Crippen LogP contribution < -0.4 is 11.1 Å². The predicted octanol–water partition coefficient (Wildman–Crippen LogP) is 0.163. The third-order valence-electron chi connectivity index (χ3n) is 1.98. The zero-order chi connectivity index (χ0) is 11.8. The standard InChI is InChI=1S/C10H20N2O2S/c1-4-5-9(11)10(13)12-8(2)6-7-15(3)14/h4,8-9H,1,5-7,11H2,2-3H3,(H,12,13). The van der Waals surface area contributed by atoms with Gasteiger partial charge in [0.2, 0.25) is 5.91 Å². The number of rotatable bonds is 7. The maximum Gasteiger partial charge on any atom is 0.237 e. The van der Waals surface area contributed by atoms with Gasteiger partial charge in [0.15, 0.2) is 0 Å². The second kappa shape index (κ2) is 7.59. The predicted molar refractivity (Wildman–Crippen MR) is 63.9 cm³/mol. The number of nitrogens with two attached hydrogens (primary N) is 1. The van der Waals surface area contributed by atoms with Crippen LogP contribution in [0.2, 0.25) is 0 Å². The fraction of sp³-hybridized carbons (Fsp3) is 0.700. The number of hydrogen-bond donors (Lipinski definition) is 2. The number of nitrogens with one attached hydrogen (secondary N) is 1. The van der Waals surface area contributed by atoms with E-state index in [2.05, 4.69) is 11.9 Å². The molecule has 3 atom stereocenters.